The molecule has 0 bridgehead atoms. The molecule has 1 unspecified atom stereocenters. The van der Waals surface area contributed by atoms with E-state index in [9.17, 15) is 9.59 Å². The van der Waals surface area contributed by atoms with Crippen LogP contribution in [0.5, 0.6) is 0 Å². The number of aromatic amines is 1. The second-order valence-electron chi connectivity index (χ2n) is 6.78. The summed E-state index contributed by atoms with van der Waals surface area (Å²) in [4.78, 5) is 33.9. The van der Waals surface area contributed by atoms with Crippen molar-refractivity contribution in [1.82, 2.24) is 14.9 Å². The Labute approximate surface area is 170 Å². The van der Waals surface area contributed by atoms with Gasteiger partial charge < -0.3 is 14.6 Å². The second kappa shape index (κ2) is 8.24. The number of benzene rings is 2. The number of hydrogen-bond acceptors (Lipinski definition) is 4. The van der Waals surface area contributed by atoms with E-state index in [1.54, 1.807) is 12.1 Å². The Bertz CT molecular complexity index is 1050. The standard InChI is InChI=1S/C21H20BrN3O3/c22-15-7-5-14(6-8-15)18-13-25(11-12-28-18)20(26)10-9-19-23-17-4-2-1-3-16(17)21(27)24-19/h1-8,18H,9-13H2,(H,23,24,27). The third-order valence-electron chi connectivity index (χ3n) is 4.90. The second-order valence-corrected chi connectivity index (χ2v) is 7.70. The number of carbonyl (C=O) groups is 1. The van der Waals surface area contributed by atoms with Crippen molar-refractivity contribution < 1.29 is 9.53 Å². The van der Waals surface area contributed by atoms with Gasteiger partial charge in [-0.15, -0.1) is 0 Å². The highest BCUT2D eigenvalue weighted by atomic mass is 79.9. The molecule has 4 rings (SSSR count). The van der Waals surface area contributed by atoms with Crippen molar-refractivity contribution in [2.75, 3.05) is 19.7 Å². The lowest BCUT2D eigenvalue weighted by Crippen LogP contribution is -2.42. The van der Waals surface area contributed by atoms with Crippen molar-refractivity contribution in [2.45, 2.75) is 18.9 Å². The lowest BCUT2D eigenvalue weighted by Gasteiger charge is -2.33. The number of amides is 1. The van der Waals surface area contributed by atoms with Crippen molar-refractivity contribution >= 4 is 32.7 Å². The first kappa shape index (κ1) is 18.8. The van der Waals surface area contributed by atoms with Gasteiger partial charge in [0.05, 0.1) is 24.1 Å². The van der Waals surface area contributed by atoms with Gasteiger partial charge in [0.25, 0.3) is 5.56 Å². The average molecular weight is 442 g/mol. The number of para-hydroxylation sites is 1. The van der Waals surface area contributed by atoms with Gasteiger partial charge >= 0.3 is 0 Å². The number of morpholine rings is 1. The van der Waals surface area contributed by atoms with Crippen LogP contribution >= 0.6 is 15.9 Å². The van der Waals surface area contributed by atoms with Crippen LogP contribution in [-0.4, -0.2) is 40.5 Å². The molecule has 1 aliphatic heterocycles. The SMILES string of the molecule is O=C(CCc1nc2ccccc2c(=O)[nH]1)N1CCOC(c2ccc(Br)cc2)C1. The number of aryl methyl sites for hydroxylation is 1. The first-order valence-corrected chi connectivity index (χ1v) is 10.0. The van der Waals surface area contributed by atoms with E-state index >= 15 is 0 Å². The molecule has 1 N–H and O–H groups in total. The number of aromatic nitrogens is 2. The summed E-state index contributed by atoms with van der Waals surface area (Å²) in [5.41, 5.74) is 1.53. The summed E-state index contributed by atoms with van der Waals surface area (Å²) in [5, 5.41) is 0.558. The molecule has 1 saturated heterocycles. The summed E-state index contributed by atoms with van der Waals surface area (Å²) in [6, 6.07) is 15.2. The fourth-order valence-electron chi connectivity index (χ4n) is 3.39. The van der Waals surface area contributed by atoms with Crippen molar-refractivity contribution in [3.63, 3.8) is 0 Å². The first-order chi connectivity index (χ1) is 13.6. The van der Waals surface area contributed by atoms with E-state index in [1.165, 1.54) is 0 Å². The van der Waals surface area contributed by atoms with Crippen LogP contribution in [0.3, 0.4) is 0 Å². The van der Waals surface area contributed by atoms with Gasteiger partial charge in [0.1, 0.15) is 11.9 Å². The molecule has 1 amide bonds. The molecule has 2 heterocycles. The maximum absolute atomic E-state index is 12.7. The minimum Gasteiger partial charge on any atom is -0.370 e. The maximum atomic E-state index is 12.7. The monoisotopic (exact) mass is 441 g/mol. The number of carbonyl (C=O) groups excluding carboxylic acids is 1. The molecular formula is C21H20BrN3O3. The van der Waals surface area contributed by atoms with Crippen LogP contribution in [0.15, 0.2) is 57.8 Å². The topological polar surface area (TPSA) is 75.3 Å². The lowest BCUT2D eigenvalue weighted by molar-refractivity contribution is -0.139. The van der Waals surface area contributed by atoms with Gasteiger partial charge in [0.15, 0.2) is 0 Å². The van der Waals surface area contributed by atoms with Gasteiger partial charge in [0.2, 0.25) is 5.91 Å². The third kappa shape index (κ3) is 4.15. The number of ether oxygens (including phenoxy) is 1. The molecule has 3 aromatic rings. The molecule has 7 heteroatoms. The molecule has 0 radical (unpaired) electrons. The molecule has 1 aliphatic rings. The van der Waals surface area contributed by atoms with Crippen molar-refractivity contribution in [1.29, 1.82) is 0 Å². The molecule has 28 heavy (non-hydrogen) atoms. The Morgan fingerprint density at radius 1 is 1.21 bits per heavy atom. The third-order valence-corrected chi connectivity index (χ3v) is 5.43. The molecule has 2 aromatic carbocycles. The summed E-state index contributed by atoms with van der Waals surface area (Å²) in [7, 11) is 0. The first-order valence-electron chi connectivity index (χ1n) is 9.23. The number of fused-ring (bicyclic) bond motifs is 1. The summed E-state index contributed by atoms with van der Waals surface area (Å²) < 4.78 is 6.85. The zero-order valence-electron chi connectivity index (χ0n) is 15.2. The number of H-pyrrole nitrogens is 1. The number of nitrogens with one attached hydrogen (secondary N) is 1. The summed E-state index contributed by atoms with van der Waals surface area (Å²) in [6.45, 7) is 1.62. The number of hydrogen-bond donors (Lipinski definition) is 1. The minimum atomic E-state index is -0.172. The summed E-state index contributed by atoms with van der Waals surface area (Å²) in [5.74, 6) is 0.580. The highest BCUT2D eigenvalue weighted by Crippen LogP contribution is 2.24. The summed E-state index contributed by atoms with van der Waals surface area (Å²) in [6.07, 6.45) is 0.581. The minimum absolute atomic E-state index is 0.0428. The van der Waals surface area contributed by atoms with E-state index < -0.39 is 0 Å². The van der Waals surface area contributed by atoms with Gasteiger partial charge in [-0.2, -0.15) is 0 Å². The molecule has 144 valence electrons. The molecule has 1 fully saturated rings. The maximum Gasteiger partial charge on any atom is 0.258 e. The highest BCUT2D eigenvalue weighted by molar-refractivity contribution is 9.10. The van der Waals surface area contributed by atoms with Crippen molar-refractivity contribution in [2.24, 2.45) is 0 Å². The van der Waals surface area contributed by atoms with Crippen LogP contribution in [0.2, 0.25) is 0 Å². The van der Waals surface area contributed by atoms with E-state index in [1.807, 2.05) is 41.3 Å². The van der Waals surface area contributed by atoms with Gasteiger partial charge in [-0.25, -0.2) is 4.98 Å². The van der Waals surface area contributed by atoms with E-state index in [4.69, 9.17) is 4.74 Å². The Morgan fingerprint density at radius 3 is 2.82 bits per heavy atom. The fourth-order valence-corrected chi connectivity index (χ4v) is 3.66. The number of nitrogens with zero attached hydrogens (tertiary/aromatic N) is 2. The molecular weight excluding hydrogens is 422 g/mol. The predicted molar refractivity (Wildman–Crippen MR) is 110 cm³/mol. The van der Waals surface area contributed by atoms with Crippen molar-refractivity contribution in [3.05, 3.63) is 74.7 Å². The van der Waals surface area contributed by atoms with E-state index in [2.05, 4.69) is 25.9 Å². The Morgan fingerprint density at radius 2 is 2.00 bits per heavy atom. The van der Waals surface area contributed by atoms with Gasteiger partial charge in [0, 0.05) is 23.9 Å². The molecule has 1 aromatic heterocycles. The van der Waals surface area contributed by atoms with Crippen LogP contribution < -0.4 is 5.56 Å². The zero-order chi connectivity index (χ0) is 19.5. The Kier molecular flexibility index (Phi) is 5.54. The van der Waals surface area contributed by atoms with Crippen molar-refractivity contribution in [3.8, 4) is 0 Å². The van der Waals surface area contributed by atoms with Crippen LogP contribution in [-0.2, 0) is 16.0 Å². The van der Waals surface area contributed by atoms with E-state index in [0.29, 0.717) is 49.3 Å². The normalized spacial score (nSPS) is 17.0. The van der Waals surface area contributed by atoms with E-state index in [0.717, 1.165) is 10.0 Å². The van der Waals surface area contributed by atoms with Crippen LogP contribution in [0.25, 0.3) is 10.9 Å². The van der Waals surface area contributed by atoms with Crippen LogP contribution in [0, 0.1) is 0 Å². The quantitative estimate of drug-likeness (QED) is 0.674. The molecule has 0 saturated carbocycles. The predicted octanol–water partition coefficient (Wildman–Crippen LogP) is 3.22. The largest absolute Gasteiger partial charge is 0.370 e. The molecule has 0 aliphatic carbocycles. The van der Waals surface area contributed by atoms with Crippen LogP contribution in [0.1, 0.15) is 23.9 Å². The fraction of sp³-hybridized carbons (Fsp3) is 0.286. The molecule has 6 nitrogen and oxygen atoms in total. The molecule has 0 spiro atoms. The Balaban J connectivity index is 1.41. The smallest absolute Gasteiger partial charge is 0.258 e. The van der Waals surface area contributed by atoms with Gasteiger partial charge in [-0.05, 0) is 29.8 Å². The van der Waals surface area contributed by atoms with Gasteiger partial charge in [-0.3, -0.25) is 9.59 Å². The highest BCUT2D eigenvalue weighted by Gasteiger charge is 2.25. The summed E-state index contributed by atoms with van der Waals surface area (Å²) >= 11 is 3.43. The van der Waals surface area contributed by atoms with Crippen LogP contribution in [0.4, 0.5) is 0 Å². The van der Waals surface area contributed by atoms with Gasteiger partial charge in [-0.1, -0.05) is 40.2 Å². The number of halogens is 1. The van der Waals surface area contributed by atoms with E-state index in [-0.39, 0.29) is 17.6 Å². The average Bonchev–Trinajstić information content (AvgIpc) is 2.73. The zero-order valence-corrected chi connectivity index (χ0v) is 16.8. The lowest BCUT2D eigenvalue weighted by atomic mass is 10.1. The Hall–Kier alpha value is -2.51. The number of rotatable bonds is 4. The molecule has 1 atom stereocenters.